The lowest BCUT2D eigenvalue weighted by molar-refractivity contribution is 0.0613. The topological polar surface area (TPSA) is 81.0 Å². The Hall–Kier alpha value is -3.23. The first-order valence-electron chi connectivity index (χ1n) is 13.1. The van der Waals surface area contributed by atoms with E-state index in [-0.39, 0.29) is 5.69 Å². The lowest BCUT2D eigenvalue weighted by atomic mass is 10.0. The quantitative estimate of drug-likeness (QED) is 0.429. The highest BCUT2D eigenvalue weighted by Gasteiger charge is 2.23. The lowest BCUT2D eigenvalue weighted by Crippen LogP contribution is -2.29. The van der Waals surface area contributed by atoms with Gasteiger partial charge in [-0.15, -0.1) is 0 Å². The van der Waals surface area contributed by atoms with Crippen LogP contribution >= 0.6 is 0 Å². The summed E-state index contributed by atoms with van der Waals surface area (Å²) in [6, 6.07) is 4.31. The SMILES string of the molecule is CN(C)Cc1c[nH]c2ncc(-c3cnc4c(c3)n(CC3CCOCC3)c(=O)n4C3=CCCCC3)cc12. The van der Waals surface area contributed by atoms with Crippen molar-refractivity contribution in [2.75, 3.05) is 27.3 Å². The van der Waals surface area contributed by atoms with E-state index in [1.54, 1.807) is 0 Å². The largest absolute Gasteiger partial charge is 0.381 e. The first-order valence-corrected chi connectivity index (χ1v) is 13.1. The molecule has 0 unspecified atom stereocenters. The maximum absolute atomic E-state index is 13.8. The van der Waals surface area contributed by atoms with E-state index in [0.29, 0.717) is 12.5 Å². The predicted molar refractivity (Wildman–Crippen MR) is 143 cm³/mol. The van der Waals surface area contributed by atoms with Gasteiger partial charge in [-0.3, -0.25) is 4.57 Å². The van der Waals surface area contributed by atoms with Crippen LogP contribution in [0.15, 0.2) is 41.6 Å². The van der Waals surface area contributed by atoms with Gasteiger partial charge in [0, 0.05) is 67.1 Å². The van der Waals surface area contributed by atoms with E-state index in [4.69, 9.17) is 9.72 Å². The maximum atomic E-state index is 13.8. The molecule has 8 nitrogen and oxygen atoms in total. The average Bonchev–Trinajstić information content (AvgIpc) is 3.42. The van der Waals surface area contributed by atoms with Crippen molar-refractivity contribution in [3.05, 3.63) is 52.8 Å². The van der Waals surface area contributed by atoms with E-state index in [1.165, 1.54) is 12.0 Å². The van der Waals surface area contributed by atoms with Crippen molar-refractivity contribution < 1.29 is 4.74 Å². The monoisotopic (exact) mass is 486 g/mol. The average molecular weight is 487 g/mol. The molecule has 0 radical (unpaired) electrons. The molecule has 5 heterocycles. The highest BCUT2D eigenvalue weighted by molar-refractivity contribution is 5.87. The van der Waals surface area contributed by atoms with Crippen LogP contribution < -0.4 is 5.69 Å². The van der Waals surface area contributed by atoms with Crippen molar-refractivity contribution in [1.82, 2.24) is 29.0 Å². The molecule has 188 valence electrons. The fourth-order valence-corrected chi connectivity index (χ4v) is 5.62. The third kappa shape index (κ3) is 4.29. The molecular weight excluding hydrogens is 452 g/mol. The fraction of sp³-hybridized carbons (Fsp3) is 0.464. The van der Waals surface area contributed by atoms with Crippen LogP contribution in [0.2, 0.25) is 0 Å². The smallest absolute Gasteiger partial charge is 0.334 e. The van der Waals surface area contributed by atoms with E-state index in [2.05, 4.69) is 47.2 Å². The van der Waals surface area contributed by atoms with Gasteiger partial charge in [0.25, 0.3) is 0 Å². The first kappa shape index (κ1) is 23.2. The van der Waals surface area contributed by atoms with Gasteiger partial charge < -0.3 is 14.6 Å². The summed E-state index contributed by atoms with van der Waals surface area (Å²) in [5.41, 5.74) is 6.86. The molecular formula is C28H34N6O2. The molecule has 1 aliphatic carbocycles. The molecule has 8 heteroatoms. The zero-order valence-electron chi connectivity index (χ0n) is 21.2. The number of nitrogens with one attached hydrogen (secondary N) is 1. The summed E-state index contributed by atoms with van der Waals surface area (Å²) in [5.74, 6) is 0.436. The van der Waals surface area contributed by atoms with Crippen LogP contribution in [-0.4, -0.2) is 56.3 Å². The van der Waals surface area contributed by atoms with Crippen molar-refractivity contribution in [2.24, 2.45) is 5.92 Å². The Kier molecular flexibility index (Phi) is 6.23. The highest BCUT2D eigenvalue weighted by atomic mass is 16.5. The van der Waals surface area contributed by atoms with Gasteiger partial charge in [-0.25, -0.2) is 19.3 Å². The third-order valence-corrected chi connectivity index (χ3v) is 7.54. The van der Waals surface area contributed by atoms with E-state index < -0.39 is 0 Å². The number of fused-ring (bicyclic) bond motifs is 2. The zero-order valence-corrected chi connectivity index (χ0v) is 21.2. The number of nitrogens with zero attached hydrogens (tertiary/aromatic N) is 5. The normalized spacial score (nSPS) is 17.4. The van der Waals surface area contributed by atoms with Gasteiger partial charge in [0.1, 0.15) is 5.65 Å². The van der Waals surface area contributed by atoms with Crippen molar-refractivity contribution in [3.63, 3.8) is 0 Å². The minimum absolute atomic E-state index is 0.0294. The molecule has 0 amide bonds. The summed E-state index contributed by atoms with van der Waals surface area (Å²) in [6.07, 6.45) is 14.2. The van der Waals surface area contributed by atoms with E-state index in [9.17, 15) is 4.79 Å². The molecule has 1 saturated heterocycles. The summed E-state index contributed by atoms with van der Waals surface area (Å²) in [5, 5.41) is 1.12. The standard InChI is InChI=1S/C28H34N6O2/c1-32(2)18-22-16-30-26-24(22)12-20(14-29-26)21-13-25-27(31-15-21)34(23-6-4-3-5-7-23)28(35)33(25)17-19-8-10-36-11-9-19/h6,12-16,19H,3-5,7-11,17-18H2,1-2H3,(H,29,30). The van der Waals surface area contributed by atoms with Gasteiger partial charge in [0.15, 0.2) is 5.65 Å². The summed E-state index contributed by atoms with van der Waals surface area (Å²) >= 11 is 0. The molecule has 0 spiro atoms. The highest BCUT2D eigenvalue weighted by Crippen LogP contribution is 2.30. The number of pyridine rings is 2. The zero-order chi connectivity index (χ0) is 24.6. The minimum Gasteiger partial charge on any atom is -0.381 e. The van der Waals surface area contributed by atoms with Gasteiger partial charge in [-0.1, -0.05) is 6.08 Å². The van der Waals surface area contributed by atoms with Crippen molar-refractivity contribution >= 4 is 27.9 Å². The number of imidazole rings is 1. The third-order valence-electron chi connectivity index (χ3n) is 7.54. The molecule has 0 atom stereocenters. The molecule has 6 rings (SSSR count). The molecule has 0 aromatic carbocycles. The molecule has 4 aromatic rings. The van der Waals surface area contributed by atoms with E-state index in [0.717, 1.165) is 90.9 Å². The molecule has 1 fully saturated rings. The Morgan fingerprint density at radius 3 is 2.69 bits per heavy atom. The van der Waals surface area contributed by atoms with E-state index >= 15 is 0 Å². The van der Waals surface area contributed by atoms with Gasteiger partial charge in [0.05, 0.1) is 5.52 Å². The molecule has 0 bridgehead atoms. The van der Waals surface area contributed by atoms with E-state index in [1.807, 2.05) is 27.7 Å². The number of aromatic nitrogens is 5. The summed E-state index contributed by atoms with van der Waals surface area (Å²) in [7, 11) is 4.14. The van der Waals surface area contributed by atoms with Crippen molar-refractivity contribution in [1.29, 1.82) is 0 Å². The second-order valence-corrected chi connectivity index (χ2v) is 10.5. The van der Waals surface area contributed by atoms with Crippen LogP contribution in [0.4, 0.5) is 0 Å². The molecule has 36 heavy (non-hydrogen) atoms. The molecule has 4 aromatic heterocycles. The van der Waals surface area contributed by atoms with Gasteiger partial charge >= 0.3 is 5.69 Å². The van der Waals surface area contributed by atoms with Gasteiger partial charge in [0.2, 0.25) is 0 Å². The van der Waals surface area contributed by atoms with Crippen LogP contribution in [0.5, 0.6) is 0 Å². The van der Waals surface area contributed by atoms with Crippen LogP contribution in [0.3, 0.4) is 0 Å². The van der Waals surface area contributed by atoms with Crippen LogP contribution in [0.25, 0.3) is 39.0 Å². The Labute approximate surface area is 210 Å². The Balaban J connectivity index is 1.47. The second kappa shape index (κ2) is 9.67. The molecule has 1 N–H and O–H groups in total. The summed E-state index contributed by atoms with van der Waals surface area (Å²) in [6.45, 7) is 3.08. The predicted octanol–water partition coefficient (Wildman–Crippen LogP) is 4.64. The molecule has 1 aliphatic heterocycles. The Morgan fingerprint density at radius 2 is 1.92 bits per heavy atom. The maximum Gasteiger partial charge on any atom is 0.334 e. The number of hydrogen-bond acceptors (Lipinski definition) is 5. The molecule has 2 aliphatic rings. The van der Waals surface area contributed by atoms with Crippen molar-refractivity contribution in [3.8, 4) is 11.1 Å². The van der Waals surface area contributed by atoms with Gasteiger partial charge in [-0.2, -0.15) is 0 Å². The molecule has 0 saturated carbocycles. The fourth-order valence-electron chi connectivity index (χ4n) is 5.62. The Morgan fingerprint density at radius 1 is 1.11 bits per heavy atom. The van der Waals surface area contributed by atoms with Crippen molar-refractivity contribution in [2.45, 2.75) is 51.6 Å². The number of hydrogen-bond donors (Lipinski definition) is 1. The Bertz CT molecular complexity index is 1490. The lowest BCUT2D eigenvalue weighted by Gasteiger charge is -2.22. The summed E-state index contributed by atoms with van der Waals surface area (Å²) in [4.78, 5) is 28.8. The van der Waals surface area contributed by atoms with Gasteiger partial charge in [-0.05, 0) is 76.2 Å². The minimum atomic E-state index is 0.0294. The van der Waals surface area contributed by atoms with Crippen LogP contribution in [0.1, 0.15) is 44.1 Å². The van der Waals surface area contributed by atoms with Crippen LogP contribution in [-0.2, 0) is 17.8 Å². The number of allylic oxidation sites excluding steroid dienone is 2. The number of ether oxygens (including phenoxy) is 1. The second-order valence-electron chi connectivity index (χ2n) is 10.5. The van der Waals surface area contributed by atoms with Crippen LogP contribution in [0, 0.1) is 5.92 Å². The number of rotatable bonds is 6. The summed E-state index contributed by atoms with van der Waals surface area (Å²) < 4.78 is 9.38. The number of H-pyrrole nitrogens is 1. The first-order chi connectivity index (χ1) is 17.6. The number of aromatic amines is 1.